The lowest BCUT2D eigenvalue weighted by Gasteiger charge is -2.18. The Morgan fingerprint density at radius 2 is 1.95 bits per heavy atom. The highest BCUT2D eigenvalue weighted by Crippen LogP contribution is 2.31. The Morgan fingerprint density at radius 3 is 2.75 bits per heavy atom. The van der Waals surface area contributed by atoms with Crippen LogP contribution in [0.5, 0.6) is 11.5 Å². The minimum atomic E-state index is 0.0278. The predicted octanol–water partition coefficient (Wildman–Crippen LogP) is 2.59. The molecule has 20 heavy (non-hydrogen) atoms. The Hall–Kier alpha value is -2.36. The van der Waals surface area contributed by atoms with Crippen molar-refractivity contribution in [3.63, 3.8) is 0 Å². The molecule has 0 fully saturated rings. The number of Topliss-reactive ketones (excluding diaryl/α,β-unsaturated/α-hetero) is 1. The largest absolute Gasteiger partial charge is 0.486 e. The fourth-order valence-electron chi connectivity index (χ4n) is 2.18. The van der Waals surface area contributed by atoms with Gasteiger partial charge in [-0.2, -0.15) is 0 Å². The molecule has 3 rings (SSSR count). The van der Waals surface area contributed by atoms with Gasteiger partial charge in [-0.3, -0.25) is 9.78 Å². The van der Waals surface area contributed by atoms with E-state index in [2.05, 4.69) is 4.98 Å². The maximum absolute atomic E-state index is 12.3. The number of hydrogen-bond donors (Lipinski definition) is 0. The number of aromatic nitrogens is 1. The first-order chi connectivity index (χ1) is 9.72. The van der Waals surface area contributed by atoms with Gasteiger partial charge in [0.05, 0.1) is 6.42 Å². The smallest absolute Gasteiger partial charge is 0.168 e. The molecule has 0 bridgehead atoms. The molecule has 1 aliphatic rings. The third-order valence-electron chi connectivity index (χ3n) is 3.18. The van der Waals surface area contributed by atoms with Crippen LogP contribution in [0.1, 0.15) is 21.6 Å². The SMILES string of the molecule is Cc1ccnc(CC(=O)c2ccc3c(c2)OCCO3)c1. The molecule has 0 atom stereocenters. The summed E-state index contributed by atoms with van der Waals surface area (Å²) in [5, 5.41) is 0. The quantitative estimate of drug-likeness (QED) is 0.804. The number of pyridine rings is 1. The maximum Gasteiger partial charge on any atom is 0.168 e. The lowest BCUT2D eigenvalue weighted by Crippen LogP contribution is -2.16. The number of carbonyl (C=O) groups is 1. The standard InChI is InChI=1S/C16H15NO3/c1-11-4-5-17-13(8-11)10-14(18)12-2-3-15-16(9-12)20-7-6-19-15/h2-5,8-9H,6-7,10H2,1H3. The number of nitrogens with zero attached hydrogens (tertiary/aromatic N) is 1. The predicted molar refractivity (Wildman–Crippen MR) is 74.4 cm³/mol. The topological polar surface area (TPSA) is 48.4 Å². The van der Waals surface area contributed by atoms with Crippen LogP contribution in [-0.2, 0) is 6.42 Å². The summed E-state index contributed by atoms with van der Waals surface area (Å²) in [4.78, 5) is 16.5. The molecule has 102 valence electrons. The maximum atomic E-state index is 12.3. The molecule has 0 unspecified atom stereocenters. The second-order valence-corrected chi connectivity index (χ2v) is 4.78. The summed E-state index contributed by atoms with van der Waals surface area (Å²) in [5.74, 6) is 1.36. The van der Waals surface area contributed by atoms with Crippen molar-refractivity contribution in [2.75, 3.05) is 13.2 Å². The molecule has 1 aromatic heterocycles. The van der Waals surface area contributed by atoms with Crippen LogP contribution in [0.25, 0.3) is 0 Å². The van der Waals surface area contributed by atoms with Crippen molar-refractivity contribution in [3.8, 4) is 11.5 Å². The first-order valence-electron chi connectivity index (χ1n) is 6.57. The summed E-state index contributed by atoms with van der Waals surface area (Å²) in [6.45, 7) is 3.05. The van der Waals surface area contributed by atoms with Gasteiger partial charge in [0.1, 0.15) is 13.2 Å². The number of rotatable bonds is 3. The number of carbonyl (C=O) groups excluding carboxylic acids is 1. The summed E-state index contributed by atoms with van der Waals surface area (Å²) in [5.41, 5.74) is 2.51. The normalized spacial score (nSPS) is 13.1. The van der Waals surface area contributed by atoms with Gasteiger partial charge in [0, 0.05) is 17.5 Å². The van der Waals surface area contributed by atoms with Crippen molar-refractivity contribution in [2.24, 2.45) is 0 Å². The fraction of sp³-hybridized carbons (Fsp3) is 0.250. The Kier molecular flexibility index (Phi) is 3.37. The van der Waals surface area contributed by atoms with Crippen LogP contribution in [0.4, 0.5) is 0 Å². The first kappa shape index (κ1) is 12.7. The highest BCUT2D eigenvalue weighted by atomic mass is 16.6. The first-order valence-corrected chi connectivity index (χ1v) is 6.57. The Balaban J connectivity index is 1.80. The molecule has 0 aliphatic carbocycles. The molecule has 2 heterocycles. The zero-order chi connectivity index (χ0) is 13.9. The third-order valence-corrected chi connectivity index (χ3v) is 3.18. The molecule has 1 aliphatic heterocycles. The summed E-state index contributed by atoms with van der Waals surface area (Å²) in [6.07, 6.45) is 2.02. The van der Waals surface area contributed by atoms with Crippen LogP contribution < -0.4 is 9.47 Å². The van der Waals surface area contributed by atoms with Crippen molar-refractivity contribution in [1.82, 2.24) is 4.98 Å². The molecule has 0 spiro atoms. The van der Waals surface area contributed by atoms with Gasteiger partial charge in [-0.1, -0.05) is 0 Å². The van der Waals surface area contributed by atoms with Crippen molar-refractivity contribution in [2.45, 2.75) is 13.3 Å². The van der Waals surface area contributed by atoms with E-state index in [1.54, 1.807) is 24.4 Å². The zero-order valence-electron chi connectivity index (χ0n) is 11.3. The van der Waals surface area contributed by atoms with Gasteiger partial charge < -0.3 is 9.47 Å². The highest BCUT2D eigenvalue weighted by Gasteiger charge is 2.15. The van der Waals surface area contributed by atoms with Gasteiger partial charge in [0.2, 0.25) is 0 Å². The van der Waals surface area contributed by atoms with E-state index in [-0.39, 0.29) is 5.78 Å². The second-order valence-electron chi connectivity index (χ2n) is 4.78. The van der Waals surface area contributed by atoms with Crippen LogP contribution in [0.2, 0.25) is 0 Å². The monoisotopic (exact) mass is 269 g/mol. The van der Waals surface area contributed by atoms with Gasteiger partial charge in [0.25, 0.3) is 0 Å². The van der Waals surface area contributed by atoms with E-state index in [0.717, 1.165) is 11.3 Å². The van der Waals surface area contributed by atoms with Gasteiger partial charge in [-0.05, 0) is 42.8 Å². The molecule has 0 N–H and O–H groups in total. The summed E-state index contributed by atoms with van der Waals surface area (Å²) >= 11 is 0. The Morgan fingerprint density at radius 1 is 1.15 bits per heavy atom. The summed E-state index contributed by atoms with van der Waals surface area (Å²) < 4.78 is 10.9. The lowest BCUT2D eigenvalue weighted by atomic mass is 10.0. The second kappa shape index (κ2) is 5.33. The van der Waals surface area contributed by atoms with E-state index < -0.39 is 0 Å². The highest BCUT2D eigenvalue weighted by molar-refractivity contribution is 5.97. The van der Waals surface area contributed by atoms with Gasteiger partial charge >= 0.3 is 0 Å². The van der Waals surface area contributed by atoms with E-state index in [1.807, 2.05) is 19.1 Å². The van der Waals surface area contributed by atoms with Crippen LogP contribution in [0, 0.1) is 6.92 Å². The molecule has 2 aromatic rings. The van der Waals surface area contributed by atoms with Crippen LogP contribution >= 0.6 is 0 Å². The molecule has 0 amide bonds. The third kappa shape index (κ3) is 2.64. The van der Waals surface area contributed by atoms with Crippen LogP contribution in [-0.4, -0.2) is 24.0 Å². The van der Waals surface area contributed by atoms with E-state index in [4.69, 9.17) is 9.47 Å². The van der Waals surface area contributed by atoms with E-state index in [0.29, 0.717) is 36.7 Å². The molecule has 1 aromatic carbocycles. The Labute approximate surface area is 117 Å². The minimum absolute atomic E-state index is 0.0278. The van der Waals surface area contributed by atoms with Crippen molar-refractivity contribution >= 4 is 5.78 Å². The lowest BCUT2D eigenvalue weighted by molar-refractivity contribution is 0.0990. The number of aryl methyl sites for hydroxylation is 1. The minimum Gasteiger partial charge on any atom is -0.486 e. The van der Waals surface area contributed by atoms with Gasteiger partial charge in [0.15, 0.2) is 17.3 Å². The average molecular weight is 269 g/mol. The molecule has 0 saturated carbocycles. The number of hydrogen-bond acceptors (Lipinski definition) is 4. The van der Waals surface area contributed by atoms with Gasteiger partial charge in [-0.25, -0.2) is 0 Å². The summed E-state index contributed by atoms with van der Waals surface area (Å²) in [7, 11) is 0. The molecule has 0 radical (unpaired) electrons. The van der Waals surface area contributed by atoms with Gasteiger partial charge in [-0.15, -0.1) is 0 Å². The molecule has 4 heteroatoms. The number of benzene rings is 1. The van der Waals surface area contributed by atoms with Crippen molar-refractivity contribution in [1.29, 1.82) is 0 Å². The van der Waals surface area contributed by atoms with Crippen molar-refractivity contribution < 1.29 is 14.3 Å². The molecule has 0 saturated heterocycles. The average Bonchev–Trinajstić information content (AvgIpc) is 2.47. The molecular weight excluding hydrogens is 254 g/mol. The molecular formula is C16H15NO3. The van der Waals surface area contributed by atoms with Crippen LogP contribution in [0.15, 0.2) is 36.5 Å². The number of ketones is 1. The van der Waals surface area contributed by atoms with E-state index in [1.165, 1.54) is 0 Å². The van der Waals surface area contributed by atoms with E-state index >= 15 is 0 Å². The van der Waals surface area contributed by atoms with Crippen molar-refractivity contribution in [3.05, 3.63) is 53.3 Å². The number of ether oxygens (including phenoxy) is 2. The summed E-state index contributed by atoms with van der Waals surface area (Å²) in [6, 6.07) is 9.14. The fourth-order valence-corrected chi connectivity index (χ4v) is 2.18. The van der Waals surface area contributed by atoms with Crippen LogP contribution in [0.3, 0.4) is 0 Å². The zero-order valence-corrected chi connectivity index (χ0v) is 11.3. The number of fused-ring (bicyclic) bond motifs is 1. The Bertz CT molecular complexity index is 652. The molecule has 4 nitrogen and oxygen atoms in total. The van der Waals surface area contributed by atoms with E-state index in [9.17, 15) is 4.79 Å².